The van der Waals surface area contributed by atoms with E-state index >= 15 is 0 Å². The fourth-order valence-electron chi connectivity index (χ4n) is 4.29. The lowest BCUT2D eigenvalue weighted by molar-refractivity contribution is 0.606. The molecule has 0 amide bonds. The van der Waals surface area contributed by atoms with E-state index in [1.165, 1.54) is 27.5 Å². The Labute approximate surface area is 129 Å². The van der Waals surface area contributed by atoms with Gasteiger partial charge in [-0.2, -0.15) is 0 Å². The number of hydrogen-bond acceptors (Lipinski definition) is 1. The Hall–Kier alpha value is -2.28. The van der Waals surface area contributed by atoms with Gasteiger partial charge in [-0.15, -0.1) is 0 Å². The van der Waals surface area contributed by atoms with Gasteiger partial charge in [0.05, 0.1) is 0 Å². The minimum atomic E-state index is 0.114. The number of para-hydroxylation sites is 1. The van der Waals surface area contributed by atoms with Gasteiger partial charge in [-0.05, 0) is 30.0 Å². The van der Waals surface area contributed by atoms with E-state index in [1.54, 1.807) is 5.57 Å². The normalized spacial score (nSPS) is 19.0. The van der Waals surface area contributed by atoms with Gasteiger partial charge in [0.25, 0.3) is 0 Å². The van der Waals surface area contributed by atoms with Crippen LogP contribution in [0.1, 0.15) is 37.8 Å². The van der Waals surface area contributed by atoms with Crippen molar-refractivity contribution in [1.29, 1.82) is 0 Å². The van der Waals surface area contributed by atoms with Gasteiger partial charge in [0.2, 0.25) is 0 Å². The van der Waals surface area contributed by atoms with Crippen LogP contribution in [0.25, 0.3) is 27.5 Å². The van der Waals surface area contributed by atoms with E-state index in [1.807, 2.05) is 6.07 Å². The number of benzene rings is 2. The fraction of sp³-hybridized carbons (Fsp3) is 0.238. The fourth-order valence-corrected chi connectivity index (χ4v) is 4.29. The van der Waals surface area contributed by atoms with Crippen LogP contribution >= 0.6 is 0 Å². The first kappa shape index (κ1) is 12.3. The van der Waals surface area contributed by atoms with Gasteiger partial charge in [0, 0.05) is 21.8 Å². The van der Waals surface area contributed by atoms with Crippen molar-refractivity contribution in [2.75, 3.05) is 0 Å². The van der Waals surface area contributed by atoms with Crippen LogP contribution in [0, 0.1) is 0 Å². The predicted octanol–water partition coefficient (Wildman–Crippen LogP) is 5.98. The second-order valence-electron chi connectivity index (χ2n) is 6.92. The summed E-state index contributed by atoms with van der Waals surface area (Å²) < 4.78 is 6.27. The standard InChI is InChI=1S/C21H18O/c1-21(2)16-9-5-3-8-15(16)19-17(21)12-11-14-13-7-4-6-10-18(13)22-20(14)19/h3-4,6-8,10-12H,5,9H2,1-2H3. The third kappa shape index (κ3) is 1.34. The molecule has 1 heterocycles. The highest BCUT2D eigenvalue weighted by Crippen LogP contribution is 2.52. The Morgan fingerprint density at radius 1 is 1.00 bits per heavy atom. The van der Waals surface area contributed by atoms with Crippen LogP contribution in [0.2, 0.25) is 0 Å². The minimum absolute atomic E-state index is 0.114. The molecule has 0 N–H and O–H groups in total. The van der Waals surface area contributed by atoms with Crippen molar-refractivity contribution in [3.8, 4) is 0 Å². The summed E-state index contributed by atoms with van der Waals surface area (Å²) in [5, 5.41) is 2.45. The zero-order chi connectivity index (χ0) is 14.9. The molecule has 108 valence electrons. The molecular formula is C21H18O. The maximum atomic E-state index is 6.27. The van der Waals surface area contributed by atoms with E-state index in [0.29, 0.717) is 0 Å². The highest BCUT2D eigenvalue weighted by atomic mass is 16.3. The van der Waals surface area contributed by atoms with E-state index in [-0.39, 0.29) is 5.41 Å². The summed E-state index contributed by atoms with van der Waals surface area (Å²) in [4.78, 5) is 0. The van der Waals surface area contributed by atoms with Crippen molar-refractivity contribution < 1.29 is 4.42 Å². The highest BCUT2D eigenvalue weighted by Gasteiger charge is 2.39. The maximum Gasteiger partial charge on any atom is 0.143 e. The largest absolute Gasteiger partial charge is 0.455 e. The summed E-state index contributed by atoms with van der Waals surface area (Å²) >= 11 is 0. The number of rotatable bonds is 0. The molecule has 0 bridgehead atoms. The summed E-state index contributed by atoms with van der Waals surface area (Å²) in [6.07, 6.45) is 6.92. The molecule has 0 aliphatic heterocycles. The molecule has 0 radical (unpaired) electrons. The van der Waals surface area contributed by atoms with Crippen LogP contribution in [0.5, 0.6) is 0 Å². The van der Waals surface area contributed by atoms with E-state index in [4.69, 9.17) is 4.42 Å². The van der Waals surface area contributed by atoms with Crippen molar-refractivity contribution in [2.45, 2.75) is 32.1 Å². The first-order valence-corrected chi connectivity index (χ1v) is 8.03. The van der Waals surface area contributed by atoms with Gasteiger partial charge in [0.15, 0.2) is 0 Å². The number of allylic oxidation sites excluding steroid dienone is 4. The summed E-state index contributed by atoms with van der Waals surface area (Å²) in [5.41, 5.74) is 7.86. The Bertz CT molecular complexity index is 995. The topological polar surface area (TPSA) is 13.1 Å². The zero-order valence-electron chi connectivity index (χ0n) is 12.9. The maximum absolute atomic E-state index is 6.27. The second-order valence-corrected chi connectivity index (χ2v) is 6.92. The molecule has 0 saturated heterocycles. The molecule has 1 heteroatoms. The first-order chi connectivity index (χ1) is 10.7. The lowest BCUT2D eigenvalue weighted by atomic mass is 9.78. The van der Waals surface area contributed by atoms with Gasteiger partial charge in [-0.1, -0.05) is 61.9 Å². The molecule has 2 aliphatic rings. The molecule has 1 nitrogen and oxygen atoms in total. The first-order valence-electron chi connectivity index (χ1n) is 8.03. The molecule has 2 aliphatic carbocycles. The number of furan rings is 1. The van der Waals surface area contributed by atoms with Crippen molar-refractivity contribution >= 4 is 27.5 Å². The highest BCUT2D eigenvalue weighted by molar-refractivity contribution is 6.10. The molecule has 0 saturated carbocycles. The average Bonchev–Trinajstić information content (AvgIpc) is 3.02. The SMILES string of the molecule is CC1(C)C2=C(C=CCC2)c2c1ccc1c2oc2ccccc21. The van der Waals surface area contributed by atoms with E-state index in [9.17, 15) is 0 Å². The molecule has 0 fully saturated rings. The monoisotopic (exact) mass is 286 g/mol. The molecule has 0 unspecified atom stereocenters. The predicted molar refractivity (Wildman–Crippen MR) is 92.0 cm³/mol. The van der Waals surface area contributed by atoms with E-state index in [2.05, 4.69) is 56.3 Å². The van der Waals surface area contributed by atoms with Gasteiger partial charge < -0.3 is 4.42 Å². The quantitative estimate of drug-likeness (QED) is 0.495. The van der Waals surface area contributed by atoms with Crippen LogP contribution < -0.4 is 0 Å². The van der Waals surface area contributed by atoms with Gasteiger partial charge in [-0.25, -0.2) is 0 Å². The zero-order valence-corrected chi connectivity index (χ0v) is 12.9. The van der Waals surface area contributed by atoms with Crippen LogP contribution in [0.4, 0.5) is 0 Å². The van der Waals surface area contributed by atoms with Crippen LogP contribution in [-0.2, 0) is 5.41 Å². The summed E-state index contributed by atoms with van der Waals surface area (Å²) in [5.74, 6) is 0. The van der Waals surface area contributed by atoms with Crippen LogP contribution in [0.15, 0.2) is 58.5 Å². The average molecular weight is 286 g/mol. The van der Waals surface area contributed by atoms with Crippen LogP contribution in [-0.4, -0.2) is 0 Å². The number of hydrogen-bond donors (Lipinski definition) is 0. The lowest BCUT2D eigenvalue weighted by Crippen LogP contribution is -2.17. The van der Waals surface area contributed by atoms with Crippen molar-refractivity contribution in [1.82, 2.24) is 0 Å². The summed E-state index contributed by atoms with van der Waals surface area (Å²) in [6.45, 7) is 4.70. The van der Waals surface area contributed by atoms with E-state index in [0.717, 1.165) is 24.0 Å². The van der Waals surface area contributed by atoms with Crippen molar-refractivity contribution in [3.63, 3.8) is 0 Å². The van der Waals surface area contributed by atoms with Crippen molar-refractivity contribution in [2.24, 2.45) is 0 Å². The molecule has 0 spiro atoms. The Balaban J connectivity index is 1.97. The third-order valence-corrected chi connectivity index (χ3v) is 5.41. The van der Waals surface area contributed by atoms with Crippen LogP contribution in [0.3, 0.4) is 0 Å². The smallest absolute Gasteiger partial charge is 0.143 e. The molecule has 3 aromatic rings. The Morgan fingerprint density at radius 2 is 1.86 bits per heavy atom. The number of fused-ring (bicyclic) bond motifs is 6. The summed E-state index contributed by atoms with van der Waals surface area (Å²) in [7, 11) is 0. The Morgan fingerprint density at radius 3 is 2.77 bits per heavy atom. The van der Waals surface area contributed by atoms with Gasteiger partial charge in [0.1, 0.15) is 11.2 Å². The molecule has 5 rings (SSSR count). The lowest BCUT2D eigenvalue weighted by Gasteiger charge is -2.25. The Kier molecular flexibility index (Phi) is 2.19. The molecule has 0 atom stereocenters. The van der Waals surface area contributed by atoms with Gasteiger partial charge >= 0.3 is 0 Å². The second kappa shape index (κ2) is 3.92. The summed E-state index contributed by atoms with van der Waals surface area (Å²) in [6, 6.07) is 12.9. The minimum Gasteiger partial charge on any atom is -0.455 e. The molecule has 22 heavy (non-hydrogen) atoms. The van der Waals surface area contributed by atoms with Gasteiger partial charge in [-0.3, -0.25) is 0 Å². The molecule has 2 aromatic carbocycles. The van der Waals surface area contributed by atoms with Crippen molar-refractivity contribution in [3.05, 3.63) is 65.3 Å². The molecule has 1 aromatic heterocycles. The third-order valence-electron chi connectivity index (χ3n) is 5.41. The van der Waals surface area contributed by atoms with E-state index < -0.39 is 0 Å². The molecular weight excluding hydrogens is 268 g/mol.